The number of unbranched alkanes of at least 4 members (excludes halogenated alkanes) is 13. The average Bonchev–Trinajstić information content (AvgIpc) is 2.80. The molecule has 0 aliphatic rings. The Morgan fingerprint density at radius 3 is 1.74 bits per heavy atom. The predicted octanol–water partition coefficient (Wildman–Crippen LogP) is 6.71. The molecule has 8 heteroatoms. The van der Waals surface area contributed by atoms with E-state index in [9.17, 15) is 14.3 Å². The number of carbonyl (C=O) groups excluding carboxylic acids is 1. The van der Waals surface area contributed by atoms with E-state index in [2.05, 4.69) is 6.92 Å². The molecule has 0 saturated carbocycles. The van der Waals surface area contributed by atoms with Crippen LogP contribution in [0.4, 0.5) is 0 Å². The number of carbonyl (C=O) groups is 1. The predicted molar refractivity (Wildman–Crippen MR) is 145 cm³/mol. The first-order valence-electron chi connectivity index (χ1n) is 14.1. The minimum absolute atomic E-state index is 0.0604. The minimum atomic E-state index is -3.73. The molecule has 0 radical (unpaired) electrons. The fourth-order valence-electron chi connectivity index (χ4n) is 3.69. The Morgan fingerprint density at radius 2 is 1.29 bits per heavy atom. The number of hydrogen-bond acceptors (Lipinski definition) is 5. The molecule has 0 aromatic heterocycles. The third-order valence-electron chi connectivity index (χ3n) is 6.05. The van der Waals surface area contributed by atoms with Gasteiger partial charge in [-0.2, -0.15) is 0 Å². The zero-order valence-corrected chi connectivity index (χ0v) is 24.5. The lowest BCUT2D eigenvalue weighted by atomic mass is 10.0. The molecule has 0 amide bonds. The van der Waals surface area contributed by atoms with E-state index in [0.29, 0.717) is 17.6 Å². The van der Waals surface area contributed by atoms with Crippen LogP contribution in [0, 0.1) is 0 Å². The Balaban J connectivity index is 3.86. The number of rotatable bonds is 25. The third kappa shape index (κ3) is 25.0. The van der Waals surface area contributed by atoms with Crippen LogP contribution in [0.1, 0.15) is 110 Å². The van der Waals surface area contributed by atoms with Crippen LogP contribution in [0.25, 0.3) is 0 Å². The second kappa shape index (κ2) is 21.6. The minimum Gasteiger partial charge on any atom is -0.457 e. The largest absolute Gasteiger partial charge is 0.457 e. The summed E-state index contributed by atoms with van der Waals surface area (Å²) in [7, 11) is 2.13. The topological polar surface area (TPSA) is 82.1 Å². The summed E-state index contributed by atoms with van der Waals surface area (Å²) in [4.78, 5) is 21.8. The van der Waals surface area contributed by atoms with Gasteiger partial charge in [0.25, 0.3) is 0 Å². The van der Waals surface area contributed by atoms with Crippen LogP contribution in [0.3, 0.4) is 0 Å². The molecule has 2 unspecified atom stereocenters. The lowest BCUT2D eigenvalue weighted by Crippen LogP contribution is -2.37. The van der Waals surface area contributed by atoms with Gasteiger partial charge < -0.3 is 23.4 Å². The molecule has 0 aromatic carbocycles. The number of quaternary nitrogens is 1. The highest BCUT2D eigenvalue weighted by atomic mass is 31.2. The van der Waals surface area contributed by atoms with E-state index in [1.165, 1.54) is 77.0 Å². The number of ether oxygens (including phenoxy) is 2. The molecule has 0 bridgehead atoms. The first-order chi connectivity index (χ1) is 16.6. The Kier molecular flexibility index (Phi) is 21.3. The first-order valence-corrected chi connectivity index (χ1v) is 15.9. The molecule has 0 aromatic rings. The highest BCUT2D eigenvalue weighted by molar-refractivity contribution is 7.52. The molecule has 0 rings (SSSR count). The van der Waals surface area contributed by atoms with E-state index in [4.69, 9.17) is 14.0 Å². The second-order valence-corrected chi connectivity index (χ2v) is 12.8. The van der Waals surface area contributed by atoms with Crippen LogP contribution in [0.2, 0.25) is 0 Å². The van der Waals surface area contributed by atoms with E-state index in [1.54, 1.807) is 6.92 Å². The average molecular weight is 523 g/mol. The van der Waals surface area contributed by atoms with Crippen LogP contribution in [-0.4, -0.2) is 75.1 Å². The van der Waals surface area contributed by atoms with Gasteiger partial charge in [0.2, 0.25) is 0 Å². The molecule has 0 saturated heterocycles. The van der Waals surface area contributed by atoms with Crippen LogP contribution >= 0.6 is 7.60 Å². The van der Waals surface area contributed by atoms with E-state index in [1.807, 2.05) is 21.1 Å². The maximum Gasteiger partial charge on any atom is 0.333 e. The van der Waals surface area contributed by atoms with Crippen molar-refractivity contribution in [3.8, 4) is 0 Å². The van der Waals surface area contributed by atoms with Crippen LogP contribution in [-0.2, 0) is 23.4 Å². The van der Waals surface area contributed by atoms with Crippen molar-refractivity contribution in [2.45, 2.75) is 116 Å². The lowest BCUT2D eigenvalue weighted by molar-refractivity contribution is -0.867. The van der Waals surface area contributed by atoms with Gasteiger partial charge >= 0.3 is 13.6 Å². The molecule has 1 N–H and O–H groups in total. The smallest absolute Gasteiger partial charge is 0.333 e. The molecular weight excluding hydrogens is 465 g/mol. The van der Waals surface area contributed by atoms with Crippen molar-refractivity contribution in [3.63, 3.8) is 0 Å². The molecule has 0 heterocycles. The Bertz CT molecular complexity index is 552. The molecule has 0 fully saturated rings. The Hall–Kier alpha value is -0.460. The number of nitrogens with zero attached hydrogens (tertiary/aromatic N) is 1. The molecule has 7 nitrogen and oxygen atoms in total. The van der Waals surface area contributed by atoms with Crippen molar-refractivity contribution in [2.24, 2.45) is 0 Å². The number of hydrogen-bond donors (Lipinski definition) is 1. The summed E-state index contributed by atoms with van der Waals surface area (Å²) >= 11 is 0. The summed E-state index contributed by atoms with van der Waals surface area (Å²) < 4.78 is 29.2. The zero-order valence-electron chi connectivity index (χ0n) is 23.6. The van der Waals surface area contributed by atoms with Gasteiger partial charge in [-0.25, -0.2) is 0 Å². The summed E-state index contributed by atoms with van der Waals surface area (Å²) in [5, 5.41) is 0. The van der Waals surface area contributed by atoms with Gasteiger partial charge in [-0.3, -0.25) is 9.36 Å². The maximum atomic E-state index is 12.3. The van der Waals surface area contributed by atoms with E-state index in [0.717, 1.165) is 12.8 Å². The molecule has 35 heavy (non-hydrogen) atoms. The molecule has 0 spiro atoms. The van der Waals surface area contributed by atoms with Crippen molar-refractivity contribution >= 4 is 13.6 Å². The monoisotopic (exact) mass is 522 g/mol. The van der Waals surface area contributed by atoms with Gasteiger partial charge in [-0.1, -0.05) is 97.3 Å². The highest BCUT2D eigenvalue weighted by Gasteiger charge is 2.26. The molecule has 2 atom stereocenters. The summed E-state index contributed by atoms with van der Waals surface area (Å²) in [6, 6.07) is 0. The third-order valence-corrected chi connectivity index (χ3v) is 7.37. The summed E-state index contributed by atoms with van der Waals surface area (Å²) in [6.07, 6.45) is 18.0. The van der Waals surface area contributed by atoms with Crippen molar-refractivity contribution in [2.75, 3.05) is 53.7 Å². The van der Waals surface area contributed by atoms with Crippen LogP contribution in [0.5, 0.6) is 0 Å². The van der Waals surface area contributed by atoms with E-state index < -0.39 is 13.7 Å². The summed E-state index contributed by atoms with van der Waals surface area (Å²) in [6.45, 7) is 5.14. The molecule has 0 aliphatic heterocycles. The van der Waals surface area contributed by atoms with E-state index >= 15 is 0 Å². The lowest BCUT2D eigenvalue weighted by Gasteiger charge is -2.25. The quantitative estimate of drug-likeness (QED) is 0.0621. The van der Waals surface area contributed by atoms with Crippen molar-refractivity contribution in [1.29, 1.82) is 0 Å². The van der Waals surface area contributed by atoms with Gasteiger partial charge in [0, 0.05) is 13.0 Å². The van der Waals surface area contributed by atoms with Crippen molar-refractivity contribution in [1.82, 2.24) is 0 Å². The number of esters is 1. The van der Waals surface area contributed by atoms with Gasteiger partial charge in [0.15, 0.2) is 0 Å². The Morgan fingerprint density at radius 1 is 0.800 bits per heavy atom. The van der Waals surface area contributed by atoms with Crippen molar-refractivity contribution in [3.05, 3.63) is 0 Å². The molecule has 0 aliphatic carbocycles. The standard InChI is InChI=1S/C27H56NO6P/c1-6-8-9-10-11-12-13-14-15-16-17-18-19-20-22-32-24-26(34-27(29)7-2)25-33-35(30,31)23-21-28(3,4)5/h26H,6-25H2,1-5H3/p+1. The zero-order chi connectivity index (χ0) is 26.4. The van der Waals surface area contributed by atoms with Gasteiger partial charge in [-0.15, -0.1) is 0 Å². The van der Waals surface area contributed by atoms with E-state index in [-0.39, 0.29) is 31.8 Å². The maximum absolute atomic E-state index is 12.3. The fourth-order valence-corrected chi connectivity index (χ4v) is 5.07. The second-order valence-electron chi connectivity index (χ2n) is 10.8. The van der Waals surface area contributed by atoms with Crippen LogP contribution < -0.4 is 0 Å². The summed E-state index contributed by atoms with van der Waals surface area (Å²) in [5.74, 6) is -0.363. The van der Waals surface area contributed by atoms with Gasteiger partial charge in [0.1, 0.15) is 6.10 Å². The fraction of sp³-hybridized carbons (Fsp3) is 0.963. The highest BCUT2D eigenvalue weighted by Crippen LogP contribution is 2.41. The first kappa shape index (κ1) is 34.5. The van der Waals surface area contributed by atoms with Gasteiger partial charge in [0.05, 0.1) is 47.1 Å². The van der Waals surface area contributed by atoms with Crippen LogP contribution in [0.15, 0.2) is 0 Å². The molecule has 210 valence electrons. The molecular formula is C27H57NO6P+. The normalized spacial score (nSPS) is 14.6. The Labute approximate surface area is 216 Å². The van der Waals surface area contributed by atoms with Gasteiger partial charge in [-0.05, 0) is 6.42 Å². The SMILES string of the molecule is CCCCCCCCCCCCCCCCOCC(COP(=O)(O)CC[N+](C)(C)C)OC(=O)CC. The van der Waals surface area contributed by atoms with Crippen molar-refractivity contribution < 1.29 is 32.7 Å². The summed E-state index contributed by atoms with van der Waals surface area (Å²) in [5.41, 5.74) is 0.